The monoisotopic (exact) mass is 479 g/mol. The first kappa shape index (κ1) is 23.1. The molecule has 7 nitrogen and oxygen atoms in total. The second-order valence-electron chi connectivity index (χ2n) is 9.71. The van der Waals surface area contributed by atoms with Crippen molar-refractivity contribution in [3.8, 4) is 0 Å². The number of carbonyl (C=O) groups is 2. The zero-order valence-corrected chi connectivity index (χ0v) is 19.4. The van der Waals surface area contributed by atoms with Crippen LogP contribution in [-0.2, 0) is 21.4 Å². The van der Waals surface area contributed by atoms with Gasteiger partial charge < -0.3 is 10.2 Å². The van der Waals surface area contributed by atoms with Crippen LogP contribution in [0, 0.1) is 5.82 Å². The predicted molar refractivity (Wildman–Crippen MR) is 125 cm³/mol. The van der Waals surface area contributed by atoms with E-state index in [1.54, 1.807) is 6.07 Å². The first-order chi connectivity index (χ1) is 16.8. The summed E-state index contributed by atoms with van der Waals surface area (Å²) in [6.07, 6.45) is 1.87. The van der Waals surface area contributed by atoms with Crippen molar-refractivity contribution in [2.75, 3.05) is 6.54 Å². The SMILES string of the molecule is CC1(c2ccc([C@@H](NC(=O)[C@@H]3C[C@@H](F)CN3C(=O)Cc3cnn[nH]3)c3ccccc3)cc2F)CC1. The van der Waals surface area contributed by atoms with Gasteiger partial charge in [-0.25, -0.2) is 8.78 Å². The van der Waals surface area contributed by atoms with Crippen LogP contribution in [0.1, 0.15) is 54.6 Å². The van der Waals surface area contributed by atoms with Gasteiger partial charge in [-0.1, -0.05) is 54.6 Å². The summed E-state index contributed by atoms with van der Waals surface area (Å²) in [6, 6.07) is 12.7. The van der Waals surface area contributed by atoms with Crippen molar-refractivity contribution in [2.45, 2.75) is 56.3 Å². The maximum absolute atomic E-state index is 15.1. The molecule has 2 heterocycles. The van der Waals surface area contributed by atoms with Crippen LogP contribution in [0.5, 0.6) is 0 Å². The Labute approximate surface area is 201 Å². The summed E-state index contributed by atoms with van der Waals surface area (Å²) in [5, 5.41) is 12.8. The number of hydrogen-bond donors (Lipinski definition) is 2. The minimum absolute atomic E-state index is 0.0585. The van der Waals surface area contributed by atoms with E-state index >= 15 is 4.39 Å². The number of nitrogens with one attached hydrogen (secondary N) is 2. The average Bonchev–Trinajstić information content (AvgIpc) is 3.21. The van der Waals surface area contributed by atoms with Crippen LogP contribution in [0.2, 0.25) is 0 Å². The lowest BCUT2D eigenvalue weighted by molar-refractivity contribution is -0.138. The molecule has 2 aliphatic rings. The van der Waals surface area contributed by atoms with E-state index in [9.17, 15) is 14.0 Å². The molecule has 2 N–H and O–H groups in total. The molecule has 0 unspecified atom stereocenters. The number of carbonyl (C=O) groups excluding carboxylic acids is 2. The maximum atomic E-state index is 15.1. The third kappa shape index (κ3) is 4.80. The third-order valence-corrected chi connectivity index (χ3v) is 7.08. The first-order valence-electron chi connectivity index (χ1n) is 11.8. The van der Waals surface area contributed by atoms with E-state index in [1.165, 1.54) is 17.2 Å². The highest BCUT2D eigenvalue weighted by Crippen LogP contribution is 2.48. The Morgan fingerprint density at radius 1 is 1.20 bits per heavy atom. The molecule has 0 spiro atoms. The van der Waals surface area contributed by atoms with Gasteiger partial charge in [0.25, 0.3) is 0 Å². The summed E-state index contributed by atoms with van der Waals surface area (Å²) in [6.45, 7) is 1.89. The van der Waals surface area contributed by atoms with Gasteiger partial charge in [0.05, 0.1) is 30.9 Å². The van der Waals surface area contributed by atoms with Gasteiger partial charge >= 0.3 is 0 Å². The number of alkyl halides is 1. The molecule has 2 aromatic carbocycles. The second kappa shape index (κ2) is 9.20. The van der Waals surface area contributed by atoms with Crippen LogP contribution in [0.4, 0.5) is 8.78 Å². The van der Waals surface area contributed by atoms with Gasteiger partial charge in [-0.2, -0.15) is 0 Å². The number of halogens is 2. The Balaban J connectivity index is 1.39. The number of rotatable bonds is 7. The molecule has 3 atom stereocenters. The van der Waals surface area contributed by atoms with Gasteiger partial charge in [0.1, 0.15) is 18.0 Å². The van der Waals surface area contributed by atoms with Crippen molar-refractivity contribution in [2.24, 2.45) is 0 Å². The molecule has 2 fully saturated rings. The van der Waals surface area contributed by atoms with Crippen LogP contribution in [-0.4, -0.2) is 50.9 Å². The van der Waals surface area contributed by atoms with Crippen LogP contribution >= 0.6 is 0 Å². The molecule has 1 aromatic heterocycles. The lowest BCUT2D eigenvalue weighted by Gasteiger charge is -2.27. The molecule has 9 heteroatoms. The van der Waals surface area contributed by atoms with Crippen LogP contribution < -0.4 is 5.32 Å². The highest BCUT2D eigenvalue weighted by molar-refractivity contribution is 5.89. The Morgan fingerprint density at radius 3 is 2.63 bits per heavy atom. The fraction of sp³-hybridized carbons (Fsp3) is 0.385. The number of likely N-dealkylation sites (tertiary alicyclic amines) is 1. The summed E-state index contributed by atoms with van der Waals surface area (Å²) in [5.41, 5.74) is 2.39. The normalized spacial score (nSPS) is 21.5. The Morgan fingerprint density at radius 2 is 1.97 bits per heavy atom. The van der Waals surface area contributed by atoms with Crippen LogP contribution in [0.3, 0.4) is 0 Å². The van der Waals surface area contributed by atoms with Crippen molar-refractivity contribution in [3.05, 3.63) is 82.9 Å². The first-order valence-corrected chi connectivity index (χ1v) is 11.8. The van der Waals surface area contributed by atoms with Crippen molar-refractivity contribution in [1.29, 1.82) is 0 Å². The molecular weight excluding hydrogens is 452 g/mol. The molecule has 0 bridgehead atoms. The smallest absolute Gasteiger partial charge is 0.243 e. The molecule has 182 valence electrons. The number of nitrogens with zero attached hydrogens (tertiary/aromatic N) is 3. The van der Waals surface area contributed by atoms with Gasteiger partial charge in [0.2, 0.25) is 11.8 Å². The molecule has 3 aromatic rings. The molecule has 2 amide bonds. The van der Waals surface area contributed by atoms with Crippen LogP contribution in [0.15, 0.2) is 54.7 Å². The number of aromatic amines is 1. The van der Waals surface area contributed by atoms with Crippen molar-refractivity contribution < 1.29 is 18.4 Å². The van der Waals surface area contributed by atoms with E-state index in [4.69, 9.17) is 0 Å². The molecule has 1 saturated carbocycles. The number of benzene rings is 2. The van der Waals surface area contributed by atoms with Crippen LogP contribution in [0.25, 0.3) is 0 Å². The maximum Gasteiger partial charge on any atom is 0.243 e. The summed E-state index contributed by atoms with van der Waals surface area (Å²) >= 11 is 0. The van der Waals surface area contributed by atoms with Gasteiger partial charge in [-0.15, -0.1) is 5.10 Å². The van der Waals surface area contributed by atoms with E-state index in [0.29, 0.717) is 16.8 Å². The molecule has 1 aliphatic heterocycles. The second-order valence-corrected chi connectivity index (χ2v) is 9.71. The summed E-state index contributed by atoms with van der Waals surface area (Å²) in [4.78, 5) is 27.5. The fourth-order valence-corrected chi connectivity index (χ4v) is 4.78. The highest BCUT2D eigenvalue weighted by atomic mass is 19.1. The zero-order chi connectivity index (χ0) is 24.6. The molecule has 35 heavy (non-hydrogen) atoms. The average molecular weight is 480 g/mol. The Kier molecular flexibility index (Phi) is 6.08. The molecule has 5 rings (SSSR count). The zero-order valence-electron chi connectivity index (χ0n) is 19.4. The lowest BCUT2D eigenvalue weighted by Crippen LogP contribution is -2.47. The van der Waals surface area contributed by atoms with E-state index in [0.717, 1.165) is 18.4 Å². The summed E-state index contributed by atoms with van der Waals surface area (Å²) in [7, 11) is 0. The fourth-order valence-electron chi connectivity index (χ4n) is 4.78. The summed E-state index contributed by atoms with van der Waals surface area (Å²) in [5.74, 6) is -1.17. The minimum Gasteiger partial charge on any atom is -0.343 e. The molecule has 0 radical (unpaired) electrons. The third-order valence-electron chi connectivity index (χ3n) is 7.08. The van der Waals surface area contributed by atoms with E-state index in [1.807, 2.05) is 43.3 Å². The number of amides is 2. The topological polar surface area (TPSA) is 91.0 Å². The van der Waals surface area contributed by atoms with Gasteiger partial charge in [-0.3, -0.25) is 14.7 Å². The Bertz CT molecular complexity index is 1210. The largest absolute Gasteiger partial charge is 0.343 e. The number of hydrogen-bond acceptors (Lipinski definition) is 4. The van der Waals surface area contributed by atoms with E-state index in [2.05, 4.69) is 20.7 Å². The quantitative estimate of drug-likeness (QED) is 0.544. The standard InChI is InChI=1S/C26H27F2N5O2/c1-26(9-10-26)20-8-7-17(11-21(20)28)24(16-5-3-2-4-6-16)30-25(35)22-12-18(27)15-33(22)23(34)13-19-14-29-32-31-19/h2-8,11,14,18,22,24H,9-10,12-13,15H2,1H3,(H,30,35)(H,29,31,32)/t18-,22+,24+/m1/s1. The van der Waals surface area contributed by atoms with Gasteiger partial charge in [-0.05, 0) is 41.0 Å². The lowest BCUT2D eigenvalue weighted by atomic mass is 9.92. The molecule has 1 aliphatic carbocycles. The number of aromatic nitrogens is 3. The highest BCUT2D eigenvalue weighted by Gasteiger charge is 2.42. The van der Waals surface area contributed by atoms with E-state index in [-0.39, 0.29) is 36.5 Å². The van der Waals surface area contributed by atoms with Crippen molar-refractivity contribution in [3.63, 3.8) is 0 Å². The minimum atomic E-state index is -1.30. The molecular formula is C26H27F2N5O2. The number of H-pyrrole nitrogens is 1. The van der Waals surface area contributed by atoms with Crippen molar-refractivity contribution >= 4 is 11.8 Å². The van der Waals surface area contributed by atoms with E-state index < -0.39 is 24.2 Å². The Hall–Kier alpha value is -3.62. The van der Waals surface area contributed by atoms with Gasteiger partial charge in [0, 0.05) is 6.42 Å². The van der Waals surface area contributed by atoms with Crippen molar-refractivity contribution in [1.82, 2.24) is 25.6 Å². The van der Waals surface area contributed by atoms with Gasteiger partial charge in [0.15, 0.2) is 0 Å². The predicted octanol–water partition coefficient (Wildman–Crippen LogP) is 3.38. The summed E-state index contributed by atoms with van der Waals surface area (Å²) < 4.78 is 29.4. The molecule has 1 saturated heterocycles.